The van der Waals surface area contributed by atoms with Gasteiger partial charge in [0.1, 0.15) is 0 Å². The molecule has 2 aromatic rings. The van der Waals surface area contributed by atoms with Crippen LogP contribution in [0.3, 0.4) is 0 Å². The lowest BCUT2D eigenvalue weighted by Gasteiger charge is -2.23. The Bertz CT molecular complexity index is 893. The second kappa shape index (κ2) is 9.59. The molecule has 0 aromatic heterocycles. The zero-order valence-electron chi connectivity index (χ0n) is 16.6. The predicted molar refractivity (Wildman–Crippen MR) is 108 cm³/mol. The molecular formula is C21H27NO5S. The zero-order chi connectivity index (χ0) is 20.7. The molecule has 6 nitrogen and oxygen atoms in total. The Morgan fingerprint density at radius 2 is 1.61 bits per heavy atom. The van der Waals surface area contributed by atoms with Gasteiger partial charge in [-0.2, -0.15) is 0 Å². The highest BCUT2D eigenvalue weighted by Gasteiger charge is 2.23. The molecule has 0 unspecified atom stereocenters. The van der Waals surface area contributed by atoms with Gasteiger partial charge in [0.15, 0.2) is 27.4 Å². The SMILES string of the molecule is CC[C@@H](Oc1ccccc1OC)C(=O)N[C@H](CC)c1ccc(S(C)(=O)=O)cc1. The van der Waals surface area contributed by atoms with Crippen molar-refractivity contribution in [3.05, 3.63) is 54.1 Å². The number of carbonyl (C=O) groups excluding carboxylic acids is 1. The minimum absolute atomic E-state index is 0.229. The van der Waals surface area contributed by atoms with Crippen molar-refractivity contribution in [1.82, 2.24) is 5.32 Å². The molecule has 7 heteroatoms. The van der Waals surface area contributed by atoms with Crippen LogP contribution >= 0.6 is 0 Å². The van der Waals surface area contributed by atoms with Crippen LogP contribution < -0.4 is 14.8 Å². The van der Waals surface area contributed by atoms with Crippen LogP contribution in [0.5, 0.6) is 11.5 Å². The van der Waals surface area contributed by atoms with Gasteiger partial charge in [-0.15, -0.1) is 0 Å². The highest BCUT2D eigenvalue weighted by molar-refractivity contribution is 7.90. The standard InChI is InChI=1S/C21H27NO5S/c1-5-17(15-11-13-16(14-12-15)28(4,24)25)22-21(23)18(6-2)27-20-10-8-7-9-19(20)26-3/h7-14,17-18H,5-6H2,1-4H3,(H,22,23)/t17-,18-/m1/s1. The fraction of sp³-hybridized carbons (Fsp3) is 0.381. The molecule has 2 aromatic carbocycles. The zero-order valence-corrected chi connectivity index (χ0v) is 17.5. The van der Waals surface area contributed by atoms with Crippen LogP contribution in [0.4, 0.5) is 0 Å². The van der Waals surface area contributed by atoms with Crippen LogP contribution in [0.1, 0.15) is 38.3 Å². The number of ether oxygens (including phenoxy) is 2. The second-order valence-corrected chi connectivity index (χ2v) is 8.49. The molecule has 1 amide bonds. The fourth-order valence-electron chi connectivity index (χ4n) is 2.82. The van der Waals surface area contributed by atoms with Gasteiger partial charge in [-0.3, -0.25) is 4.79 Å². The summed E-state index contributed by atoms with van der Waals surface area (Å²) in [7, 11) is -1.70. The summed E-state index contributed by atoms with van der Waals surface area (Å²) in [4.78, 5) is 13.0. The van der Waals surface area contributed by atoms with Crippen LogP contribution in [0.25, 0.3) is 0 Å². The number of hydrogen-bond donors (Lipinski definition) is 1. The first kappa shape index (κ1) is 21.8. The molecule has 0 aliphatic carbocycles. The first-order chi connectivity index (χ1) is 13.3. The van der Waals surface area contributed by atoms with Gasteiger partial charge < -0.3 is 14.8 Å². The van der Waals surface area contributed by atoms with E-state index in [2.05, 4.69) is 5.32 Å². The molecule has 0 fully saturated rings. The Balaban J connectivity index is 2.13. The van der Waals surface area contributed by atoms with Crippen molar-refractivity contribution in [1.29, 1.82) is 0 Å². The van der Waals surface area contributed by atoms with E-state index in [0.29, 0.717) is 24.3 Å². The van der Waals surface area contributed by atoms with E-state index in [9.17, 15) is 13.2 Å². The van der Waals surface area contributed by atoms with E-state index >= 15 is 0 Å². The van der Waals surface area contributed by atoms with Crippen molar-refractivity contribution in [2.24, 2.45) is 0 Å². The van der Waals surface area contributed by atoms with Gasteiger partial charge in [0, 0.05) is 6.26 Å². The van der Waals surface area contributed by atoms with Gasteiger partial charge in [-0.25, -0.2) is 8.42 Å². The van der Waals surface area contributed by atoms with E-state index in [1.807, 2.05) is 26.0 Å². The van der Waals surface area contributed by atoms with Gasteiger partial charge in [0.25, 0.3) is 5.91 Å². The average molecular weight is 406 g/mol. The lowest BCUT2D eigenvalue weighted by atomic mass is 10.0. The van der Waals surface area contributed by atoms with Gasteiger partial charge in [0.2, 0.25) is 0 Å². The maximum Gasteiger partial charge on any atom is 0.261 e. The largest absolute Gasteiger partial charge is 0.493 e. The summed E-state index contributed by atoms with van der Waals surface area (Å²) in [6.45, 7) is 3.83. The fourth-order valence-corrected chi connectivity index (χ4v) is 3.46. The van der Waals surface area contributed by atoms with Crippen molar-refractivity contribution in [2.75, 3.05) is 13.4 Å². The van der Waals surface area contributed by atoms with Crippen molar-refractivity contribution < 1.29 is 22.7 Å². The van der Waals surface area contributed by atoms with E-state index in [-0.39, 0.29) is 16.8 Å². The minimum Gasteiger partial charge on any atom is -0.493 e. The molecule has 0 aliphatic rings. The molecule has 0 bridgehead atoms. The summed E-state index contributed by atoms with van der Waals surface area (Å²) in [6, 6.07) is 13.5. The third kappa shape index (κ3) is 5.48. The summed E-state index contributed by atoms with van der Waals surface area (Å²) >= 11 is 0. The number of nitrogens with one attached hydrogen (secondary N) is 1. The van der Waals surface area contributed by atoms with Crippen molar-refractivity contribution >= 4 is 15.7 Å². The van der Waals surface area contributed by atoms with Crippen molar-refractivity contribution in [3.8, 4) is 11.5 Å². The molecule has 0 saturated heterocycles. The first-order valence-corrected chi connectivity index (χ1v) is 11.1. The van der Waals surface area contributed by atoms with E-state index < -0.39 is 15.9 Å². The quantitative estimate of drug-likeness (QED) is 0.690. The lowest BCUT2D eigenvalue weighted by molar-refractivity contribution is -0.129. The Labute approximate surface area is 166 Å². The number of rotatable bonds is 9. The molecule has 0 saturated carbocycles. The number of sulfone groups is 1. The molecule has 0 radical (unpaired) electrons. The smallest absolute Gasteiger partial charge is 0.261 e. The number of carbonyl (C=O) groups is 1. The van der Waals surface area contributed by atoms with E-state index in [0.717, 1.165) is 5.56 Å². The highest BCUT2D eigenvalue weighted by atomic mass is 32.2. The third-order valence-electron chi connectivity index (χ3n) is 4.44. The van der Waals surface area contributed by atoms with Gasteiger partial charge in [-0.05, 0) is 42.7 Å². The van der Waals surface area contributed by atoms with Crippen LogP contribution in [0.15, 0.2) is 53.4 Å². The Morgan fingerprint density at radius 1 is 1.00 bits per heavy atom. The van der Waals surface area contributed by atoms with Gasteiger partial charge >= 0.3 is 0 Å². The molecule has 0 spiro atoms. The van der Waals surface area contributed by atoms with Gasteiger partial charge in [0.05, 0.1) is 18.0 Å². The lowest BCUT2D eigenvalue weighted by Crippen LogP contribution is -2.40. The number of hydrogen-bond acceptors (Lipinski definition) is 5. The number of amides is 1. The summed E-state index contributed by atoms with van der Waals surface area (Å²) < 4.78 is 34.4. The van der Waals surface area contributed by atoms with Crippen molar-refractivity contribution in [3.63, 3.8) is 0 Å². The summed E-state index contributed by atoms with van der Waals surface area (Å²) in [5.74, 6) is 0.849. The molecule has 0 heterocycles. The van der Waals surface area contributed by atoms with E-state index in [1.165, 1.54) is 6.26 Å². The third-order valence-corrected chi connectivity index (χ3v) is 5.57. The molecule has 152 valence electrons. The molecule has 1 N–H and O–H groups in total. The summed E-state index contributed by atoms with van der Waals surface area (Å²) in [5, 5.41) is 3.00. The second-order valence-electron chi connectivity index (χ2n) is 6.48. The van der Waals surface area contributed by atoms with Crippen molar-refractivity contribution in [2.45, 2.75) is 43.7 Å². The average Bonchev–Trinajstić information content (AvgIpc) is 2.69. The monoisotopic (exact) mass is 405 g/mol. The molecular weight excluding hydrogens is 378 g/mol. The maximum absolute atomic E-state index is 12.8. The van der Waals surface area contributed by atoms with Gasteiger partial charge in [-0.1, -0.05) is 38.1 Å². The van der Waals surface area contributed by atoms with Crippen LogP contribution in [-0.2, 0) is 14.6 Å². The first-order valence-electron chi connectivity index (χ1n) is 9.20. The Kier molecular flexibility index (Phi) is 7.45. The van der Waals surface area contributed by atoms with Crippen LogP contribution in [0.2, 0.25) is 0 Å². The summed E-state index contributed by atoms with van der Waals surface area (Å²) in [5.41, 5.74) is 0.843. The topological polar surface area (TPSA) is 81.7 Å². The number of methoxy groups -OCH3 is 1. The minimum atomic E-state index is -3.25. The number of para-hydroxylation sites is 2. The predicted octanol–water partition coefficient (Wildman–Crippen LogP) is 3.52. The number of benzene rings is 2. The van der Waals surface area contributed by atoms with Crippen LogP contribution in [-0.4, -0.2) is 33.8 Å². The molecule has 28 heavy (non-hydrogen) atoms. The highest BCUT2D eigenvalue weighted by Crippen LogP contribution is 2.28. The normalized spacial score (nSPS) is 13.4. The Morgan fingerprint density at radius 3 is 2.11 bits per heavy atom. The van der Waals surface area contributed by atoms with E-state index in [4.69, 9.17) is 9.47 Å². The van der Waals surface area contributed by atoms with E-state index in [1.54, 1.807) is 43.5 Å². The maximum atomic E-state index is 12.8. The summed E-state index contributed by atoms with van der Waals surface area (Å²) in [6.07, 6.45) is 1.66. The van der Waals surface area contributed by atoms with Crippen LogP contribution in [0, 0.1) is 0 Å². The Hall–Kier alpha value is -2.54. The molecule has 2 atom stereocenters. The molecule has 2 rings (SSSR count). The molecule has 0 aliphatic heterocycles.